The van der Waals surface area contributed by atoms with Crippen molar-refractivity contribution in [1.82, 2.24) is 19.9 Å². The van der Waals surface area contributed by atoms with Crippen LogP contribution in [0.2, 0.25) is 0 Å². The second-order valence-electron chi connectivity index (χ2n) is 6.01. The van der Waals surface area contributed by atoms with Gasteiger partial charge in [-0.3, -0.25) is 4.98 Å². The van der Waals surface area contributed by atoms with Crippen molar-refractivity contribution in [2.24, 2.45) is 0 Å². The maximum Gasteiger partial charge on any atom is 0.220 e. The van der Waals surface area contributed by atoms with Gasteiger partial charge in [-0.25, -0.2) is 15.0 Å². The van der Waals surface area contributed by atoms with Crippen LogP contribution in [-0.4, -0.2) is 19.9 Å². The number of anilines is 1. The molecule has 0 saturated heterocycles. The fourth-order valence-corrected chi connectivity index (χ4v) is 2.86. The zero-order chi connectivity index (χ0) is 17.2. The molecule has 0 unspecified atom stereocenters. The van der Waals surface area contributed by atoms with Gasteiger partial charge in [-0.05, 0) is 36.2 Å². The molecule has 1 aromatic carbocycles. The minimum atomic E-state index is 0.269. The van der Waals surface area contributed by atoms with Crippen LogP contribution in [0.5, 0.6) is 0 Å². The second kappa shape index (κ2) is 6.28. The van der Waals surface area contributed by atoms with Crippen LogP contribution >= 0.6 is 0 Å². The summed E-state index contributed by atoms with van der Waals surface area (Å²) in [5.74, 6) is 0.269. The molecule has 0 aliphatic heterocycles. The average molecular weight is 327 g/mol. The summed E-state index contributed by atoms with van der Waals surface area (Å²) in [7, 11) is 0. The highest BCUT2D eigenvalue weighted by Crippen LogP contribution is 2.23. The molecule has 2 N–H and O–H groups in total. The summed E-state index contributed by atoms with van der Waals surface area (Å²) in [6, 6.07) is 16.1. The molecule has 4 rings (SSSR count). The van der Waals surface area contributed by atoms with Gasteiger partial charge in [-0.1, -0.05) is 30.3 Å². The van der Waals surface area contributed by atoms with Crippen molar-refractivity contribution < 1.29 is 0 Å². The third-order valence-corrected chi connectivity index (χ3v) is 4.02. The lowest BCUT2D eigenvalue weighted by atomic mass is 10.1. The molecular weight excluding hydrogens is 310 g/mol. The van der Waals surface area contributed by atoms with Crippen molar-refractivity contribution in [3.05, 3.63) is 77.7 Å². The highest BCUT2D eigenvalue weighted by molar-refractivity contribution is 5.81. The predicted octanol–water partition coefficient (Wildman–Crippen LogP) is 3.57. The molecular formula is C20H17N5. The van der Waals surface area contributed by atoms with E-state index >= 15 is 0 Å². The van der Waals surface area contributed by atoms with Crippen molar-refractivity contribution in [2.75, 3.05) is 5.73 Å². The molecule has 0 radical (unpaired) electrons. The van der Waals surface area contributed by atoms with Gasteiger partial charge in [0.15, 0.2) is 0 Å². The maximum absolute atomic E-state index is 5.89. The molecule has 3 aromatic heterocycles. The third kappa shape index (κ3) is 3.17. The van der Waals surface area contributed by atoms with Crippen LogP contribution in [0.25, 0.3) is 22.3 Å². The van der Waals surface area contributed by atoms with Gasteiger partial charge in [0.05, 0.1) is 16.9 Å². The van der Waals surface area contributed by atoms with Gasteiger partial charge in [-0.15, -0.1) is 0 Å². The molecule has 0 aliphatic carbocycles. The number of aromatic nitrogens is 4. The third-order valence-electron chi connectivity index (χ3n) is 4.02. The Bertz CT molecular complexity index is 1040. The largest absolute Gasteiger partial charge is 0.368 e. The minimum absolute atomic E-state index is 0.269. The van der Waals surface area contributed by atoms with Crippen molar-refractivity contribution >= 4 is 17.0 Å². The molecule has 4 aromatic rings. The van der Waals surface area contributed by atoms with Gasteiger partial charge in [0.1, 0.15) is 5.52 Å². The molecule has 0 bridgehead atoms. The fourth-order valence-electron chi connectivity index (χ4n) is 2.86. The number of pyridine rings is 2. The molecule has 0 atom stereocenters. The molecule has 25 heavy (non-hydrogen) atoms. The van der Waals surface area contributed by atoms with Gasteiger partial charge >= 0.3 is 0 Å². The summed E-state index contributed by atoms with van der Waals surface area (Å²) < 4.78 is 0. The molecule has 3 heterocycles. The average Bonchev–Trinajstić information content (AvgIpc) is 2.62. The maximum atomic E-state index is 5.89. The summed E-state index contributed by atoms with van der Waals surface area (Å²) in [5.41, 5.74) is 12.3. The zero-order valence-corrected chi connectivity index (χ0v) is 13.8. The first-order chi connectivity index (χ1) is 12.2. The lowest BCUT2D eigenvalue weighted by molar-refractivity contribution is 1.06. The van der Waals surface area contributed by atoms with Crippen LogP contribution in [0.15, 0.2) is 60.9 Å². The van der Waals surface area contributed by atoms with E-state index < -0.39 is 0 Å². The van der Waals surface area contributed by atoms with Crippen molar-refractivity contribution in [3.63, 3.8) is 0 Å². The Hall–Kier alpha value is -3.34. The smallest absolute Gasteiger partial charge is 0.220 e. The summed E-state index contributed by atoms with van der Waals surface area (Å²) >= 11 is 0. The molecule has 122 valence electrons. The molecule has 0 saturated carbocycles. The topological polar surface area (TPSA) is 77.6 Å². The van der Waals surface area contributed by atoms with Crippen LogP contribution in [-0.2, 0) is 6.42 Å². The van der Waals surface area contributed by atoms with Gasteiger partial charge < -0.3 is 5.73 Å². The van der Waals surface area contributed by atoms with E-state index in [2.05, 4.69) is 33.2 Å². The minimum Gasteiger partial charge on any atom is -0.368 e. The highest BCUT2D eigenvalue weighted by Gasteiger charge is 2.11. The number of nitrogens with zero attached hydrogens (tertiary/aromatic N) is 4. The summed E-state index contributed by atoms with van der Waals surface area (Å²) in [4.78, 5) is 17.8. The Balaban J connectivity index is 1.85. The molecule has 0 aliphatic rings. The van der Waals surface area contributed by atoms with E-state index in [1.807, 2.05) is 49.6 Å². The number of fused-ring (bicyclic) bond motifs is 1. The Morgan fingerprint density at radius 3 is 2.56 bits per heavy atom. The fraction of sp³-hybridized carbons (Fsp3) is 0.100. The van der Waals surface area contributed by atoms with Crippen LogP contribution in [0.1, 0.15) is 16.8 Å². The first-order valence-corrected chi connectivity index (χ1v) is 8.08. The SMILES string of the molecule is Cc1cncc(-c2ccc3nc(N)nc(Cc4ccccc4)c3n2)c1. The number of nitrogen functional groups attached to an aromatic ring is 1. The van der Waals surface area contributed by atoms with Crippen LogP contribution in [0, 0.1) is 6.92 Å². The lowest BCUT2D eigenvalue weighted by Crippen LogP contribution is -2.03. The number of benzene rings is 1. The zero-order valence-electron chi connectivity index (χ0n) is 13.8. The summed E-state index contributed by atoms with van der Waals surface area (Å²) in [6.07, 6.45) is 4.30. The number of hydrogen-bond acceptors (Lipinski definition) is 5. The van der Waals surface area contributed by atoms with Gasteiger partial charge in [0.25, 0.3) is 0 Å². The molecule has 0 spiro atoms. The normalized spacial score (nSPS) is 10.9. The van der Waals surface area contributed by atoms with E-state index in [0.717, 1.165) is 39.1 Å². The van der Waals surface area contributed by atoms with Gasteiger partial charge in [0.2, 0.25) is 5.95 Å². The van der Waals surface area contributed by atoms with Gasteiger partial charge in [0, 0.05) is 24.4 Å². The number of rotatable bonds is 3. The first-order valence-electron chi connectivity index (χ1n) is 8.08. The predicted molar refractivity (Wildman–Crippen MR) is 99.0 cm³/mol. The lowest BCUT2D eigenvalue weighted by Gasteiger charge is -2.08. The van der Waals surface area contributed by atoms with Crippen molar-refractivity contribution in [2.45, 2.75) is 13.3 Å². The van der Waals surface area contributed by atoms with E-state index in [-0.39, 0.29) is 5.95 Å². The van der Waals surface area contributed by atoms with E-state index in [1.165, 1.54) is 0 Å². The molecule has 0 fully saturated rings. The second-order valence-corrected chi connectivity index (χ2v) is 6.01. The quantitative estimate of drug-likeness (QED) is 0.622. The molecule has 0 amide bonds. The monoisotopic (exact) mass is 327 g/mol. The molecule has 5 nitrogen and oxygen atoms in total. The molecule has 5 heteroatoms. The Morgan fingerprint density at radius 2 is 1.76 bits per heavy atom. The Labute approximate surface area is 145 Å². The van der Waals surface area contributed by atoms with E-state index in [9.17, 15) is 0 Å². The number of hydrogen-bond donors (Lipinski definition) is 1. The van der Waals surface area contributed by atoms with Crippen molar-refractivity contribution in [3.8, 4) is 11.3 Å². The summed E-state index contributed by atoms with van der Waals surface area (Å²) in [6.45, 7) is 2.02. The Morgan fingerprint density at radius 1 is 0.920 bits per heavy atom. The van der Waals surface area contributed by atoms with E-state index in [0.29, 0.717) is 6.42 Å². The first kappa shape index (κ1) is 15.2. The Kier molecular flexibility index (Phi) is 3.82. The number of nitrogens with two attached hydrogens (primary N) is 1. The van der Waals surface area contributed by atoms with E-state index in [4.69, 9.17) is 10.7 Å². The van der Waals surface area contributed by atoms with Crippen LogP contribution in [0.4, 0.5) is 5.95 Å². The highest BCUT2D eigenvalue weighted by atomic mass is 15.0. The van der Waals surface area contributed by atoms with Gasteiger partial charge in [-0.2, -0.15) is 0 Å². The summed E-state index contributed by atoms with van der Waals surface area (Å²) in [5, 5.41) is 0. The standard InChI is InChI=1S/C20H17N5/c1-13-9-15(12-22-11-13)16-7-8-17-19(23-16)18(25-20(21)24-17)10-14-5-3-2-4-6-14/h2-9,11-12H,10H2,1H3,(H2,21,24,25). The van der Waals surface area contributed by atoms with E-state index in [1.54, 1.807) is 0 Å². The number of aryl methyl sites for hydroxylation is 1. The van der Waals surface area contributed by atoms with Crippen molar-refractivity contribution in [1.29, 1.82) is 0 Å². The van der Waals surface area contributed by atoms with Crippen LogP contribution < -0.4 is 5.73 Å². The van der Waals surface area contributed by atoms with Crippen LogP contribution in [0.3, 0.4) is 0 Å².